The molecule has 0 saturated heterocycles. The molecule has 106 valence electrons. The van der Waals surface area contributed by atoms with Crippen molar-refractivity contribution < 1.29 is 19.5 Å². The first-order valence-electron chi connectivity index (χ1n) is 6.00. The standard InChI is InChI=1S/C14H16N2O4/c15-9-11-5-3-10(4-6-11)8-12(14(19)20)16-13(18)2-1-7-17/h1-7,12H,8-9,15H2,(H,16,18)(H,19,20)/b2-1+/t12-/m0/s1. The summed E-state index contributed by atoms with van der Waals surface area (Å²) in [4.78, 5) is 32.6. The van der Waals surface area contributed by atoms with E-state index >= 15 is 0 Å². The van der Waals surface area contributed by atoms with Crippen molar-refractivity contribution in [1.29, 1.82) is 0 Å². The minimum atomic E-state index is -1.14. The minimum absolute atomic E-state index is 0.154. The molecule has 0 spiro atoms. The van der Waals surface area contributed by atoms with Gasteiger partial charge < -0.3 is 16.2 Å². The van der Waals surface area contributed by atoms with Crippen LogP contribution in [-0.2, 0) is 27.3 Å². The van der Waals surface area contributed by atoms with Crippen molar-refractivity contribution in [3.63, 3.8) is 0 Å². The van der Waals surface area contributed by atoms with Gasteiger partial charge in [0.1, 0.15) is 12.3 Å². The molecule has 0 unspecified atom stereocenters. The molecule has 0 saturated carbocycles. The van der Waals surface area contributed by atoms with Crippen LogP contribution in [0, 0.1) is 0 Å². The highest BCUT2D eigenvalue weighted by molar-refractivity contribution is 5.93. The van der Waals surface area contributed by atoms with Gasteiger partial charge in [0.15, 0.2) is 0 Å². The van der Waals surface area contributed by atoms with Gasteiger partial charge in [0.25, 0.3) is 0 Å². The molecule has 20 heavy (non-hydrogen) atoms. The zero-order valence-corrected chi connectivity index (χ0v) is 10.8. The zero-order valence-electron chi connectivity index (χ0n) is 10.8. The van der Waals surface area contributed by atoms with Crippen LogP contribution < -0.4 is 11.1 Å². The van der Waals surface area contributed by atoms with Crippen LogP contribution in [-0.4, -0.2) is 29.3 Å². The molecule has 1 aromatic carbocycles. The van der Waals surface area contributed by atoms with E-state index in [1.165, 1.54) is 0 Å². The summed E-state index contributed by atoms with van der Waals surface area (Å²) >= 11 is 0. The Morgan fingerprint density at radius 1 is 1.25 bits per heavy atom. The van der Waals surface area contributed by atoms with Crippen molar-refractivity contribution >= 4 is 18.2 Å². The molecular weight excluding hydrogens is 260 g/mol. The van der Waals surface area contributed by atoms with Crippen LogP contribution in [0.3, 0.4) is 0 Å². The van der Waals surface area contributed by atoms with Gasteiger partial charge in [0, 0.05) is 19.0 Å². The zero-order chi connectivity index (χ0) is 15.0. The van der Waals surface area contributed by atoms with Crippen molar-refractivity contribution in [1.82, 2.24) is 5.32 Å². The van der Waals surface area contributed by atoms with E-state index < -0.39 is 17.9 Å². The SMILES string of the molecule is NCc1ccc(C[C@H](NC(=O)/C=C/C=O)C(=O)O)cc1. The Bertz CT molecular complexity index is 508. The van der Waals surface area contributed by atoms with E-state index in [4.69, 9.17) is 10.8 Å². The van der Waals surface area contributed by atoms with E-state index in [1.54, 1.807) is 12.1 Å². The topological polar surface area (TPSA) is 109 Å². The van der Waals surface area contributed by atoms with E-state index in [0.29, 0.717) is 12.8 Å². The maximum absolute atomic E-state index is 11.4. The van der Waals surface area contributed by atoms with Gasteiger partial charge in [-0.05, 0) is 17.2 Å². The lowest BCUT2D eigenvalue weighted by Crippen LogP contribution is -2.41. The van der Waals surface area contributed by atoms with Gasteiger partial charge in [-0.1, -0.05) is 24.3 Å². The monoisotopic (exact) mass is 276 g/mol. The summed E-state index contributed by atoms with van der Waals surface area (Å²) in [6.45, 7) is 0.413. The molecule has 0 aromatic heterocycles. The van der Waals surface area contributed by atoms with Gasteiger partial charge in [0.2, 0.25) is 5.91 Å². The number of hydrogen-bond donors (Lipinski definition) is 3. The minimum Gasteiger partial charge on any atom is -0.480 e. The van der Waals surface area contributed by atoms with Crippen LogP contribution in [0.25, 0.3) is 0 Å². The molecule has 6 nitrogen and oxygen atoms in total. The van der Waals surface area contributed by atoms with E-state index in [1.807, 2.05) is 12.1 Å². The van der Waals surface area contributed by atoms with E-state index in [-0.39, 0.29) is 6.42 Å². The molecule has 0 fully saturated rings. The molecule has 6 heteroatoms. The number of nitrogens with two attached hydrogens (primary N) is 1. The highest BCUT2D eigenvalue weighted by atomic mass is 16.4. The Morgan fingerprint density at radius 3 is 2.35 bits per heavy atom. The fourth-order valence-corrected chi connectivity index (χ4v) is 1.59. The number of carboxylic acid groups (broad SMARTS) is 1. The van der Waals surface area contributed by atoms with E-state index in [2.05, 4.69) is 5.32 Å². The Labute approximate surface area is 116 Å². The number of nitrogens with one attached hydrogen (secondary N) is 1. The fourth-order valence-electron chi connectivity index (χ4n) is 1.59. The summed E-state index contributed by atoms with van der Waals surface area (Å²) < 4.78 is 0. The number of carbonyl (C=O) groups is 3. The van der Waals surface area contributed by atoms with Crippen molar-refractivity contribution in [2.24, 2.45) is 5.73 Å². The molecule has 1 aromatic rings. The number of aldehydes is 1. The first-order chi connectivity index (χ1) is 9.56. The lowest BCUT2D eigenvalue weighted by Gasteiger charge is -2.13. The van der Waals surface area contributed by atoms with Gasteiger partial charge in [0.05, 0.1) is 0 Å². The van der Waals surface area contributed by atoms with Crippen molar-refractivity contribution in [2.45, 2.75) is 19.0 Å². The van der Waals surface area contributed by atoms with Crippen LogP contribution in [0.2, 0.25) is 0 Å². The van der Waals surface area contributed by atoms with E-state index in [0.717, 1.165) is 23.3 Å². The average Bonchev–Trinajstić information content (AvgIpc) is 2.45. The van der Waals surface area contributed by atoms with Crippen LogP contribution in [0.5, 0.6) is 0 Å². The van der Waals surface area contributed by atoms with Crippen LogP contribution in [0.4, 0.5) is 0 Å². The summed E-state index contributed by atoms with van der Waals surface area (Å²) in [5.74, 6) is -1.76. The third kappa shape index (κ3) is 5.03. The maximum atomic E-state index is 11.4. The molecule has 0 aliphatic rings. The number of carbonyl (C=O) groups excluding carboxylic acids is 2. The summed E-state index contributed by atoms with van der Waals surface area (Å²) in [5, 5.41) is 11.4. The Balaban J connectivity index is 2.71. The predicted octanol–water partition coefficient (Wildman–Crippen LogP) is 0.0123. The van der Waals surface area contributed by atoms with Crippen molar-refractivity contribution in [2.75, 3.05) is 0 Å². The molecule has 4 N–H and O–H groups in total. The van der Waals surface area contributed by atoms with Crippen LogP contribution in [0.15, 0.2) is 36.4 Å². The number of hydrogen-bond acceptors (Lipinski definition) is 4. The number of amides is 1. The molecular formula is C14H16N2O4. The smallest absolute Gasteiger partial charge is 0.326 e. The average molecular weight is 276 g/mol. The molecule has 0 aliphatic carbocycles. The fraction of sp³-hybridized carbons (Fsp3) is 0.214. The molecule has 1 atom stereocenters. The largest absolute Gasteiger partial charge is 0.480 e. The Hall–Kier alpha value is -2.47. The lowest BCUT2D eigenvalue weighted by atomic mass is 10.0. The highest BCUT2D eigenvalue weighted by Crippen LogP contribution is 2.07. The molecule has 0 radical (unpaired) electrons. The predicted molar refractivity (Wildman–Crippen MR) is 72.8 cm³/mol. The normalized spacial score (nSPS) is 12.1. The summed E-state index contributed by atoms with van der Waals surface area (Å²) in [6, 6.07) is 6.10. The molecule has 0 bridgehead atoms. The van der Waals surface area contributed by atoms with Gasteiger partial charge in [-0.25, -0.2) is 4.79 Å². The van der Waals surface area contributed by atoms with Crippen LogP contribution in [0.1, 0.15) is 11.1 Å². The van der Waals surface area contributed by atoms with Gasteiger partial charge in [-0.2, -0.15) is 0 Å². The third-order valence-electron chi connectivity index (χ3n) is 2.64. The number of carboxylic acids is 1. The molecule has 1 rings (SSSR count). The number of allylic oxidation sites excluding steroid dienone is 1. The number of benzene rings is 1. The second kappa shape index (κ2) is 7.85. The maximum Gasteiger partial charge on any atom is 0.326 e. The van der Waals surface area contributed by atoms with Crippen molar-refractivity contribution in [3.8, 4) is 0 Å². The molecule has 1 amide bonds. The lowest BCUT2D eigenvalue weighted by molar-refractivity contribution is -0.141. The summed E-state index contributed by atoms with van der Waals surface area (Å²) in [7, 11) is 0. The second-order valence-corrected chi connectivity index (χ2v) is 4.12. The molecule has 0 aliphatic heterocycles. The van der Waals surface area contributed by atoms with Crippen LogP contribution >= 0.6 is 0 Å². The summed E-state index contributed by atoms with van der Waals surface area (Å²) in [6.07, 6.45) is 2.59. The first-order valence-corrected chi connectivity index (χ1v) is 6.00. The quantitative estimate of drug-likeness (QED) is 0.480. The highest BCUT2D eigenvalue weighted by Gasteiger charge is 2.19. The number of rotatable bonds is 7. The number of aliphatic carboxylic acids is 1. The first kappa shape index (κ1) is 15.6. The Morgan fingerprint density at radius 2 is 1.85 bits per heavy atom. The van der Waals surface area contributed by atoms with Gasteiger partial charge >= 0.3 is 5.97 Å². The third-order valence-corrected chi connectivity index (χ3v) is 2.64. The summed E-state index contributed by atoms with van der Waals surface area (Å²) in [5.41, 5.74) is 7.19. The second-order valence-electron chi connectivity index (χ2n) is 4.12. The van der Waals surface area contributed by atoms with Gasteiger partial charge in [-0.3, -0.25) is 9.59 Å². The molecule has 0 heterocycles. The van der Waals surface area contributed by atoms with E-state index in [9.17, 15) is 14.4 Å². The van der Waals surface area contributed by atoms with Crippen molar-refractivity contribution in [3.05, 3.63) is 47.5 Å². The van der Waals surface area contributed by atoms with Gasteiger partial charge in [-0.15, -0.1) is 0 Å². The Kier molecular flexibility index (Phi) is 6.12.